The molecule has 3 aromatic carbocycles. The molecular formula is C21H17Cl2N5O2. The van der Waals surface area contributed by atoms with Gasteiger partial charge < -0.3 is 14.8 Å². The summed E-state index contributed by atoms with van der Waals surface area (Å²) in [4.78, 5) is 0. The molecule has 0 saturated heterocycles. The Morgan fingerprint density at radius 2 is 1.77 bits per heavy atom. The third kappa shape index (κ3) is 4.48. The lowest BCUT2D eigenvalue weighted by molar-refractivity contribution is 0.363. The number of hydrogen-bond acceptors (Lipinski definition) is 6. The number of anilines is 1. The average Bonchev–Trinajstić information content (AvgIpc) is 3.24. The fourth-order valence-electron chi connectivity index (χ4n) is 2.79. The van der Waals surface area contributed by atoms with Crippen molar-refractivity contribution in [2.24, 2.45) is 0 Å². The van der Waals surface area contributed by atoms with Gasteiger partial charge >= 0.3 is 6.01 Å². The highest BCUT2D eigenvalue weighted by Gasteiger charge is 2.14. The van der Waals surface area contributed by atoms with Crippen LogP contribution in [0, 0.1) is 0 Å². The second-order valence-electron chi connectivity index (χ2n) is 6.28. The van der Waals surface area contributed by atoms with Gasteiger partial charge in [-0.25, -0.2) is 0 Å². The number of aromatic nitrogens is 4. The summed E-state index contributed by atoms with van der Waals surface area (Å²) in [5.41, 5.74) is 2.65. The van der Waals surface area contributed by atoms with E-state index >= 15 is 0 Å². The number of halogens is 2. The summed E-state index contributed by atoms with van der Waals surface area (Å²) in [5.74, 6) is 1.06. The van der Waals surface area contributed by atoms with Crippen LogP contribution in [-0.4, -0.2) is 27.3 Å². The lowest BCUT2D eigenvalue weighted by Crippen LogP contribution is -2.02. The number of benzene rings is 3. The van der Waals surface area contributed by atoms with Crippen molar-refractivity contribution in [3.63, 3.8) is 0 Å². The summed E-state index contributed by atoms with van der Waals surface area (Å²) in [6.07, 6.45) is 0. The lowest BCUT2D eigenvalue weighted by Gasteiger charge is -2.12. The van der Waals surface area contributed by atoms with Gasteiger partial charge in [0.05, 0.1) is 22.8 Å². The van der Waals surface area contributed by atoms with E-state index in [0.29, 0.717) is 28.1 Å². The molecule has 0 aliphatic heterocycles. The van der Waals surface area contributed by atoms with Crippen molar-refractivity contribution in [2.75, 3.05) is 12.4 Å². The van der Waals surface area contributed by atoms with E-state index in [4.69, 9.17) is 32.7 Å². The van der Waals surface area contributed by atoms with E-state index in [0.717, 1.165) is 16.9 Å². The first-order chi connectivity index (χ1) is 14.6. The summed E-state index contributed by atoms with van der Waals surface area (Å²) < 4.78 is 12.9. The molecule has 0 unspecified atom stereocenters. The third-order valence-electron chi connectivity index (χ3n) is 4.29. The van der Waals surface area contributed by atoms with Crippen LogP contribution in [0.5, 0.6) is 17.5 Å². The van der Waals surface area contributed by atoms with Crippen LogP contribution in [-0.2, 0) is 6.54 Å². The van der Waals surface area contributed by atoms with Crippen LogP contribution in [0.3, 0.4) is 0 Å². The van der Waals surface area contributed by atoms with Crippen LogP contribution in [0.2, 0.25) is 10.0 Å². The molecule has 1 aromatic heterocycles. The SMILES string of the molecule is COc1cc(CNc2ccc(Cl)c(Cl)c2)ccc1Oc1nnnn1-c1ccccc1. The maximum atomic E-state index is 6.06. The molecule has 4 aromatic rings. The van der Waals surface area contributed by atoms with Crippen LogP contribution >= 0.6 is 23.2 Å². The van der Waals surface area contributed by atoms with E-state index in [1.807, 2.05) is 54.6 Å². The monoisotopic (exact) mass is 441 g/mol. The molecule has 0 fully saturated rings. The first-order valence-electron chi connectivity index (χ1n) is 9.01. The number of para-hydroxylation sites is 1. The molecule has 30 heavy (non-hydrogen) atoms. The Hall–Kier alpha value is -3.29. The largest absolute Gasteiger partial charge is 0.493 e. The lowest BCUT2D eigenvalue weighted by atomic mass is 10.2. The van der Waals surface area contributed by atoms with E-state index in [-0.39, 0.29) is 6.01 Å². The Kier molecular flexibility index (Phi) is 6.02. The molecule has 0 aliphatic carbocycles. The van der Waals surface area contributed by atoms with Crippen molar-refractivity contribution < 1.29 is 9.47 Å². The van der Waals surface area contributed by atoms with Crippen molar-refractivity contribution in [2.45, 2.75) is 6.54 Å². The van der Waals surface area contributed by atoms with Crippen LogP contribution in [0.15, 0.2) is 66.7 Å². The van der Waals surface area contributed by atoms with Gasteiger partial charge in [-0.2, -0.15) is 4.68 Å². The van der Waals surface area contributed by atoms with Crippen molar-refractivity contribution >= 4 is 28.9 Å². The fourth-order valence-corrected chi connectivity index (χ4v) is 3.09. The fraction of sp³-hybridized carbons (Fsp3) is 0.0952. The van der Waals surface area contributed by atoms with Gasteiger partial charge in [0, 0.05) is 12.2 Å². The van der Waals surface area contributed by atoms with Crippen molar-refractivity contribution in [1.29, 1.82) is 0 Å². The van der Waals surface area contributed by atoms with Gasteiger partial charge in [-0.3, -0.25) is 0 Å². The van der Waals surface area contributed by atoms with E-state index in [1.54, 1.807) is 19.2 Å². The second kappa shape index (κ2) is 9.02. The van der Waals surface area contributed by atoms with Gasteiger partial charge in [0.1, 0.15) is 0 Å². The normalized spacial score (nSPS) is 10.6. The van der Waals surface area contributed by atoms with E-state index < -0.39 is 0 Å². The van der Waals surface area contributed by atoms with Gasteiger partial charge in [-0.1, -0.05) is 52.6 Å². The maximum Gasteiger partial charge on any atom is 0.346 e. The second-order valence-corrected chi connectivity index (χ2v) is 7.09. The smallest absolute Gasteiger partial charge is 0.346 e. The molecule has 4 rings (SSSR count). The summed E-state index contributed by atoms with van der Waals surface area (Å²) >= 11 is 12.0. The first kappa shape index (κ1) is 20.0. The Balaban J connectivity index is 1.51. The number of hydrogen-bond donors (Lipinski definition) is 1. The molecule has 0 bridgehead atoms. The minimum absolute atomic E-state index is 0.237. The topological polar surface area (TPSA) is 74.1 Å². The first-order valence-corrected chi connectivity index (χ1v) is 9.77. The van der Waals surface area contributed by atoms with Crippen molar-refractivity contribution in [3.8, 4) is 23.2 Å². The quantitative estimate of drug-likeness (QED) is 0.414. The number of nitrogens with one attached hydrogen (secondary N) is 1. The minimum Gasteiger partial charge on any atom is -0.493 e. The molecule has 7 nitrogen and oxygen atoms in total. The summed E-state index contributed by atoms with van der Waals surface area (Å²) in [6.45, 7) is 0.566. The number of ether oxygens (including phenoxy) is 2. The van der Waals surface area contributed by atoms with E-state index in [2.05, 4.69) is 20.8 Å². The van der Waals surface area contributed by atoms with Crippen LogP contribution in [0.4, 0.5) is 5.69 Å². The maximum absolute atomic E-state index is 6.06. The highest BCUT2D eigenvalue weighted by atomic mass is 35.5. The number of tetrazole rings is 1. The Bertz CT molecular complexity index is 1150. The molecule has 9 heteroatoms. The number of rotatable bonds is 7. The molecule has 0 aliphatic rings. The third-order valence-corrected chi connectivity index (χ3v) is 5.03. The van der Waals surface area contributed by atoms with E-state index in [9.17, 15) is 0 Å². The molecule has 0 amide bonds. The zero-order chi connectivity index (χ0) is 20.9. The standard InChI is InChI=1S/C21H17Cl2N5O2/c1-29-20-11-14(13-24-15-8-9-17(22)18(23)12-15)7-10-19(20)30-21-25-26-27-28(21)16-5-3-2-4-6-16/h2-12,24H,13H2,1H3. The van der Waals surface area contributed by atoms with Gasteiger partial charge in [-0.15, -0.1) is 0 Å². The molecule has 0 spiro atoms. The van der Waals surface area contributed by atoms with Crippen LogP contribution < -0.4 is 14.8 Å². The van der Waals surface area contributed by atoms with Gasteiger partial charge in [0.15, 0.2) is 11.5 Å². The molecule has 0 atom stereocenters. The zero-order valence-corrected chi connectivity index (χ0v) is 17.4. The minimum atomic E-state index is 0.237. The Labute approximate surface area is 183 Å². The van der Waals surface area contributed by atoms with Crippen molar-refractivity contribution in [1.82, 2.24) is 20.2 Å². The van der Waals surface area contributed by atoms with Crippen LogP contribution in [0.1, 0.15) is 5.56 Å². The van der Waals surface area contributed by atoms with Crippen LogP contribution in [0.25, 0.3) is 5.69 Å². The predicted octanol–water partition coefficient (Wildman–Crippen LogP) is 5.38. The summed E-state index contributed by atoms with van der Waals surface area (Å²) in [7, 11) is 1.58. The molecule has 0 radical (unpaired) electrons. The highest BCUT2D eigenvalue weighted by molar-refractivity contribution is 6.42. The number of methoxy groups -OCH3 is 1. The molecule has 0 saturated carbocycles. The predicted molar refractivity (Wildman–Crippen MR) is 116 cm³/mol. The van der Waals surface area contributed by atoms with Gasteiger partial charge in [-0.05, 0) is 58.5 Å². The molecule has 1 heterocycles. The zero-order valence-electron chi connectivity index (χ0n) is 15.9. The molecule has 152 valence electrons. The summed E-state index contributed by atoms with van der Waals surface area (Å²) in [5, 5.41) is 16.0. The van der Waals surface area contributed by atoms with E-state index in [1.165, 1.54) is 4.68 Å². The molecular weight excluding hydrogens is 425 g/mol. The number of nitrogens with zero attached hydrogens (tertiary/aromatic N) is 4. The Morgan fingerprint density at radius 3 is 2.53 bits per heavy atom. The Morgan fingerprint density at radius 1 is 0.933 bits per heavy atom. The molecule has 1 N–H and O–H groups in total. The van der Waals surface area contributed by atoms with Crippen molar-refractivity contribution in [3.05, 3.63) is 82.3 Å². The highest BCUT2D eigenvalue weighted by Crippen LogP contribution is 2.32. The average molecular weight is 442 g/mol. The van der Waals surface area contributed by atoms with Gasteiger partial charge in [0.25, 0.3) is 0 Å². The summed E-state index contributed by atoms with van der Waals surface area (Å²) in [6, 6.07) is 20.8. The van der Waals surface area contributed by atoms with Gasteiger partial charge in [0.2, 0.25) is 0 Å².